The zero-order valence-corrected chi connectivity index (χ0v) is 9.12. The Morgan fingerprint density at radius 2 is 2.00 bits per heavy atom. The molecule has 0 aliphatic heterocycles. The van der Waals surface area contributed by atoms with Crippen LogP contribution in [0.1, 0.15) is 0 Å². The zero-order chi connectivity index (χ0) is 12.3. The second kappa shape index (κ2) is 4.56. The van der Waals surface area contributed by atoms with E-state index in [4.69, 9.17) is 10.5 Å². The van der Waals surface area contributed by atoms with Crippen molar-refractivity contribution in [2.75, 3.05) is 12.8 Å². The molecule has 0 spiro atoms. The van der Waals surface area contributed by atoms with Gasteiger partial charge in [0.1, 0.15) is 0 Å². The number of nitrogens with zero attached hydrogens (tertiary/aromatic N) is 3. The second-order valence-electron chi connectivity index (χ2n) is 3.28. The average Bonchev–Trinajstić information content (AvgIpc) is 2.38. The smallest absolute Gasteiger partial charge is 0.219 e. The Labute approximate surface area is 97.4 Å². The van der Waals surface area contributed by atoms with E-state index in [0.717, 1.165) is 0 Å². The van der Waals surface area contributed by atoms with E-state index in [1.165, 1.54) is 7.11 Å². The van der Waals surface area contributed by atoms with Crippen molar-refractivity contribution in [3.63, 3.8) is 0 Å². The van der Waals surface area contributed by atoms with Crippen LogP contribution in [0.15, 0.2) is 35.8 Å². The average molecular weight is 230 g/mol. The summed E-state index contributed by atoms with van der Waals surface area (Å²) in [5, 5.41) is 2.90. The Hall–Kier alpha value is -2.50. The third-order valence-corrected chi connectivity index (χ3v) is 2.28. The van der Waals surface area contributed by atoms with Gasteiger partial charge in [0, 0.05) is 23.5 Å². The molecule has 0 aliphatic carbocycles. The van der Waals surface area contributed by atoms with Gasteiger partial charge in [0.05, 0.1) is 7.11 Å². The Balaban J connectivity index is 2.58. The SMILES string of the molecule is COc1c(N=O)cccc1-c1cnc(N)nc1. The molecule has 0 fully saturated rings. The van der Waals surface area contributed by atoms with E-state index in [-0.39, 0.29) is 11.6 Å². The second-order valence-corrected chi connectivity index (χ2v) is 3.28. The van der Waals surface area contributed by atoms with Crippen LogP contribution in [-0.4, -0.2) is 17.1 Å². The zero-order valence-electron chi connectivity index (χ0n) is 9.12. The summed E-state index contributed by atoms with van der Waals surface area (Å²) in [5.74, 6) is 0.591. The summed E-state index contributed by atoms with van der Waals surface area (Å²) >= 11 is 0. The van der Waals surface area contributed by atoms with E-state index in [9.17, 15) is 4.91 Å². The molecular weight excluding hydrogens is 220 g/mol. The number of benzene rings is 1. The minimum absolute atomic E-state index is 0.192. The molecule has 2 N–H and O–H groups in total. The molecule has 2 rings (SSSR count). The monoisotopic (exact) mass is 230 g/mol. The molecule has 0 aliphatic rings. The van der Waals surface area contributed by atoms with Crippen molar-refractivity contribution in [2.24, 2.45) is 5.18 Å². The molecule has 0 saturated carbocycles. The first-order chi connectivity index (χ1) is 8.26. The Morgan fingerprint density at radius 1 is 1.29 bits per heavy atom. The Morgan fingerprint density at radius 3 is 2.59 bits per heavy atom. The molecule has 1 heterocycles. The highest BCUT2D eigenvalue weighted by Gasteiger charge is 2.11. The Kier molecular flexibility index (Phi) is 2.95. The van der Waals surface area contributed by atoms with E-state index in [0.29, 0.717) is 16.9 Å². The van der Waals surface area contributed by atoms with E-state index < -0.39 is 0 Å². The van der Waals surface area contributed by atoms with Crippen LogP contribution in [0, 0.1) is 4.91 Å². The van der Waals surface area contributed by atoms with Gasteiger partial charge in [-0.1, -0.05) is 12.1 Å². The fourth-order valence-electron chi connectivity index (χ4n) is 1.52. The normalized spacial score (nSPS) is 9.94. The minimum atomic E-state index is 0.192. The number of nitrogen functional groups attached to an aromatic ring is 1. The molecule has 0 radical (unpaired) electrons. The third-order valence-electron chi connectivity index (χ3n) is 2.28. The van der Waals surface area contributed by atoms with Crippen LogP contribution in [0.5, 0.6) is 5.75 Å². The van der Waals surface area contributed by atoms with Crippen LogP contribution in [0.4, 0.5) is 11.6 Å². The number of para-hydroxylation sites is 1. The molecule has 6 nitrogen and oxygen atoms in total. The van der Waals surface area contributed by atoms with E-state index in [2.05, 4.69) is 15.1 Å². The van der Waals surface area contributed by atoms with Crippen LogP contribution in [0.25, 0.3) is 11.1 Å². The highest BCUT2D eigenvalue weighted by Crippen LogP contribution is 2.37. The first-order valence-electron chi connectivity index (χ1n) is 4.84. The van der Waals surface area contributed by atoms with Gasteiger partial charge in [0.2, 0.25) is 5.95 Å². The Bertz CT molecular complexity index is 540. The van der Waals surface area contributed by atoms with Crippen LogP contribution >= 0.6 is 0 Å². The minimum Gasteiger partial charge on any atom is -0.494 e. The third kappa shape index (κ3) is 2.05. The summed E-state index contributed by atoms with van der Waals surface area (Å²) < 4.78 is 5.17. The van der Waals surface area contributed by atoms with Gasteiger partial charge < -0.3 is 10.5 Å². The maximum absolute atomic E-state index is 10.6. The lowest BCUT2D eigenvalue weighted by Crippen LogP contribution is -1.95. The summed E-state index contributed by atoms with van der Waals surface area (Å²) in [6, 6.07) is 5.08. The first kappa shape index (κ1) is 11.0. The number of ether oxygens (including phenoxy) is 1. The number of hydrogen-bond acceptors (Lipinski definition) is 6. The number of methoxy groups -OCH3 is 1. The lowest BCUT2D eigenvalue weighted by molar-refractivity contribution is 0.417. The quantitative estimate of drug-likeness (QED) is 0.815. The van der Waals surface area contributed by atoms with Gasteiger partial charge in [0.15, 0.2) is 11.4 Å². The summed E-state index contributed by atoms with van der Waals surface area (Å²) in [4.78, 5) is 18.4. The molecule has 2 aromatic rings. The predicted octanol–water partition coefficient (Wildman–Crippen LogP) is 2.13. The maximum atomic E-state index is 10.6. The molecule has 1 aromatic carbocycles. The molecule has 1 aromatic heterocycles. The number of anilines is 1. The lowest BCUT2D eigenvalue weighted by atomic mass is 10.1. The van der Waals surface area contributed by atoms with Gasteiger partial charge in [-0.15, -0.1) is 4.91 Å². The maximum Gasteiger partial charge on any atom is 0.219 e. The van der Waals surface area contributed by atoms with Crippen LogP contribution in [0.2, 0.25) is 0 Å². The van der Waals surface area contributed by atoms with Crippen LogP contribution in [0.3, 0.4) is 0 Å². The van der Waals surface area contributed by atoms with Crippen molar-refractivity contribution in [3.05, 3.63) is 35.5 Å². The van der Waals surface area contributed by atoms with Crippen molar-refractivity contribution in [3.8, 4) is 16.9 Å². The number of nitrogens with two attached hydrogens (primary N) is 1. The molecule has 0 amide bonds. The van der Waals surface area contributed by atoms with Gasteiger partial charge in [-0.3, -0.25) is 0 Å². The fourth-order valence-corrected chi connectivity index (χ4v) is 1.52. The molecule has 0 unspecified atom stereocenters. The summed E-state index contributed by atoms with van der Waals surface area (Å²) in [6.45, 7) is 0. The van der Waals surface area contributed by atoms with Gasteiger partial charge in [0.25, 0.3) is 0 Å². The standard InChI is InChI=1S/C11H10N4O2/c1-17-10-8(3-2-4-9(10)15-16)7-5-13-11(12)14-6-7/h2-6H,1H3,(H2,12,13,14). The van der Waals surface area contributed by atoms with Crippen molar-refractivity contribution >= 4 is 11.6 Å². The van der Waals surface area contributed by atoms with Crippen molar-refractivity contribution < 1.29 is 4.74 Å². The first-order valence-corrected chi connectivity index (χ1v) is 4.84. The van der Waals surface area contributed by atoms with Gasteiger partial charge >= 0.3 is 0 Å². The predicted molar refractivity (Wildman–Crippen MR) is 63.9 cm³/mol. The number of rotatable bonds is 3. The highest BCUT2D eigenvalue weighted by molar-refractivity contribution is 5.76. The topological polar surface area (TPSA) is 90.5 Å². The van der Waals surface area contributed by atoms with E-state index in [1.54, 1.807) is 30.6 Å². The highest BCUT2D eigenvalue weighted by atomic mass is 16.5. The molecule has 0 atom stereocenters. The molecule has 6 heteroatoms. The molecule has 86 valence electrons. The summed E-state index contributed by atoms with van der Waals surface area (Å²) in [6.07, 6.45) is 3.13. The number of nitroso groups, excluding NO2 is 1. The molecule has 0 bridgehead atoms. The summed E-state index contributed by atoms with van der Waals surface area (Å²) in [7, 11) is 1.48. The largest absolute Gasteiger partial charge is 0.494 e. The van der Waals surface area contributed by atoms with E-state index >= 15 is 0 Å². The molecule has 17 heavy (non-hydrogen) atoms. The fraction of sp³-hybridized carbons (Fsp3) is 0.0909. The van der Waals surface area contributed by atoms with Crippen molar-refractivity contribution in [1.82, 2.24) is 9.97 Å². The van der Waals surface area contributed by atoms with Crippen LogP contribution < -0.4 is 10.5 Å². The van der Waals surface area contributed by atoms with Gasteiger partial charge in [-0.05, 0) is 11.2 Å². The number of hydrogen-bond donors (Lipinski definition) is 1. The van der Waals surface area contributed by atoms with Crippen molar-refractivity contribution in [2.45, 2.75) is 0 Å². The molecule has 0 saturated heterocycles. The van der Waals surface area contributed by atoms with Gasteiger partial charge in [-0.25, -0.2) is 9.97 Å². The van der Waals surface area contributed by atoms with Crippen molar-refractivity contribution in [1.29, 1.82) is 0 Å². The number of aromatic nitrogens is 2. The van der Waals surface area contributed by atoms with E-state index in [1.807, 2.05) is 0 Å². The van der Waals surface area contributed by atoms with Gasteiger partial charge in [-0.2, -0.15) is 0 Å². The van der Waals surface area contributed by atoms with Crippen LogP contribution in [-0.2, 0) is 0 Å². The molecular formula is C11H10N4O2. The lowest BCUT2D eigenvalue weighted by Gasteiger charge is -2.09. The summed E-state index contributed by atoms with van der Waals surface area (Å²) in [5.41, 5.74) is 7.06.